The number of hydrogen-bond donors (Lipinski definition) is 2. The predicted molar refractivity (Wildman–Crippen MR) is 107 cm³/mol. The highest BCUT2D eigenvalue weighted by atomic mass is 35.5. The summed E-state index contributed by atoms with van der Waals surface area (Å²) >= 11 is 0. The largest absolute Gasteiger partial charge is 0.497 e. The fourth-order valence-electron chi connectivity index (χ4n) is 3.62. The van der Waals surface area contributed by atoms with Crippen LogP contribution in [0.5, 0.6) is 11.5 Å². The summed E-state index contributed by atoms with van der Waals surface area (Å²) in [6.07, 6.45) is 1.70. The molecule has 2 heterocycles. The van der Waals surface area contributed by atoms with Crippen LogP contribution in [0.25, 0.3) is 0 Å². The maximum Gasteiger partial charge on any atom is 0.249 e. The summed E-state index contributed by atoms with van der Waals surface area (Å²) < 4.78 is 15.9. The summed E-state index contributed by atoms with van der Waals surface area (Å²) in [4.78, 5) is 27.4. The van der Waals surface area contributed by atoms with E-state index >= 15 is 0 Å². The van der Waals surface area contributed by atoms with Crippen LogP contribution in [0.3, 0.4) is 0 Å². The molecule has 3 rings (SSSR count). The molecule has 0 spiro atoms. The Bertz CT molecular complexity index is 687. The van der Waals surface area contributed by atoms with Crippen molar-refractivity contribution >= 4 is 29.9 Å². The van der Waals surface area contributed by atoms with Crippen molar-refractivity contribution in [3.05, 3.63) is 18.2 Å². The van der Waals surface area contributed by atoms with Crippen molar-refractivity contribution in [1.29, 1.82) is 0 Å². The van der Waals surface area contributed by atoms with Gasteiger partial charge in [0.05, 0.1) is 25.3 Å². The van der Waals surface area contributed by atoms with Crippen molar-refractivity contribution in [2.45, 2.75) is 25.3 Å². The molecule has 0 bridgehead atoms. The summed E-state index contributed by atoms with van der Waals surface area (Å²) in [5, 5.41) is 2.92. The number of anilines is 1. The molecule has 0 aliphatic carbocycles. The van der Waals surface area contributed by atoms with Gasteiger partial charge in [-0.15, -0.1) is 12.4 Å². The molecule has 9 heteroatoms. The minimum atomic E-state index is -0.648. The number of halogens is 1. The molecule has 2 amide bonds. The molecule has 156 valence electrons. The number of carbonyl (C=O) groups is 2. The Morgan fingerprint density at radius 3 is 2.39 bits per heavy atom. The fraction of sp³-hybridized carbons (Fsp3) is 0.579. The quantitative estimate of drug-likeness (QED) is 0.724. The minimum Gasteiger partial charge on any atom is -0.497 e. The molecule has 1 aromatic rings. The lowest BCUT2D eigenvalue weighted by Gasteiger charge is -2.35. The lowest BCUT2D eigenvalue weighted by molar-refractivity contribution is -0.138. The number of ether oxygens (including phenoxy) is 3. The van der Waals surface area contributed by atoms with Gasteiger partial charge in [-0.05, 0) is 19.3 Å². The van der Waals surface area contributed by atoms with Crippen LogP contribution in [-0.2, 0) is 14.3 Å². The van der Waals surface area contributed by atoms with Gasteiger partial charge in [0, 0.05) is 44.5 Å². The molecule has 2 aliphatic heterocycles. The highest BCUT2D eigenvalue weighted by Gasteiger charge is 2.42. The zero-order valence-corrected chi connectivity index (χ0v) is 17.0. The molecule has 28 heavy (non-hydrogen) atoms. The number of nitrogens with zero attached hydrogens (tertiary/aromatic N) is 1. The van der Waals surface area contributed by atoms with E-state index in [1.807, 2.05) is 0 Å². The van der Waals surface area contributed by atoms with E-state index in [-0.39, 0.29) is 30.8 Å². The number of rotatable bonds is 6. The number of carbonyl (C=O) groups excluding carboxylic acids is 2. The minimum absolute atomic E-state index is 0. The number of benzene rings is 1. The van der Waals surface area contributed by atoms with Crippen molar-refractivity contribution < 1.29 is 23.8 Å². The fourth-order valence-corrected chi connectivity index (χ4v) is 3.62. The van der Waals surface area contributed by atoms with Gasteiger partial charge in [0.1, 0.15) is 17.5 Å². The molecule has 1 aromatic carbocycles. The van der Waals surface area contributed by atoms with E-state index in [4.69, 9.17) is 19.9 Å². The Balaban J connectivity index is 0.00000280. The van der Waals surface area contributed by atoms with Crippen LogP contribution in [0.1, 0.15) is 19.3 Å². The van der Waals surface area contributed by atoms with Crippen LogP contribution in [0.2, 0.25) is 0 Å². The Morgan fingerprint density at radius 2 is 1.86 bits per heavy atom. The average Bonchev–Trinajstić information content (AvgIpc) is 3.08. The van der Waals surface area contributed by atoms with Gasteiger partial charge >= 0.3 is 0 Å². The zero-order chi connectivity index (χ0) is 19.4. The molecule has 8 nitrogen and oxygen atoms in total. The van der Waals surface area contributed by atoms with Gasteiger partial charge in [0.2, 0.25) is 11.8 Å². The van der Waals surface area contributed by atoms with Crippen LogP contribution in [0.15, 0.2) is 18.2 Å². The monoisotopic (exact) mass is 413 g/mol. The first-order valence-corrected chi connectivity index (χ1v) is 9.16. The predicted octanol–water partition coefficient (Wildman–Crippen LogP) is 1.10. The zero-order valence-electron chi connectivity index (χ0n) is 16.2. The van der Waals surface area contributed by atoms with Crippen LogP contribution in [0, 0.1) is 5.41 Å². The molecule has 2 aliphatic rings. The molecular weight excluding hydrogens is 386 g/mol. The van der Waals surface area contributed by atoms with Crippen LogP contribution in [-0.4, -0.2) is 58.4 Å². The Hall–Kier alpha value is -2.03. The first-order chi connectivity index (χ1) is 13.0. The Kier molecular flexibility index (Phi) is 7.51. The summed E-state index contributed by atoms with van der Waals surface area (Å²) in [5.74, 6) is 0.914. The summed E-state index contributed by atoms with van der Waals surface area (Å²) in [6, 6.07) is 4.76. The second-order valence-corrected chi connectivity index (χ2v) is 6.97. The molecule has 1 unspecified atom stereocenters. The van der Waals surface area contributed by atoms with E-state index in [1.54, 1.807) is 37.3 Å². The Labute approximate surface area is 171 Å². The van der Waals surface area contributed by atoms with Crippen molar-refractivity contribution in [3.8, 4) is 11.5 Å². The first-order valence-electron chi connectivity index (χ1n) is 9.16. The van der Waals surface area contributed by atoms with Crippen molar-refractivity contribution in [2.75, 3.05) is 45.4 Å². The van der Waals surface area contributed by atoms with Crippen molar-refractivity contribution in [1.82, 2.24) is 5.32 Å². The molecule has 1 atom stereocenters. The molecule has 3 N–H and O–H groups in total. The highest BCUT2D eigenvalue weighted by molar-refractivity contribution is 6.02. The molecule has 0 saturated carbocycles. The van der Waals surface area contributed by atoms with Gasteiger partial charge in [-0.2, -0.15) is 0 Å². The average molecular weight is 414 g/mol. The van der Waals surface area contributed by atoms with E-state index < -0.39 is 11.5 Å². The van der Waals surface area contributed by atoms with Gasteiger partial charge < -0.3 is 30.2 Å². The van der Waals surface area contributed by atoms with Gasteiger partial charge in [-0.3, -0.25) is 9.59 Å². The van der Waals surface area contributed by atoms with Gasteiger partial charge in [-0.1, -0.05) is 0 Å². The third-order valence-electron chi connectivity index (χ3n) is 5.48. The Morgan fingerprint density at radius 1 is 1.25 bits per heavy atom. The number of hydrogen-bond acceptors (Lipinski definition) is 6. The van der Waals surface area contributed by atoms with Gasteiger partial charge in [-0.25, -0.2) is 0 Å². The van der Waals surface area contributed by atoms with Gasteiger partial charge in [0.15, 0.2) is 0 Å². The number of nitrogens with one attached hydrogen (secondary N) is 1. The van der Waals surface area contributed by atoms with E-state index in [1.165, 1.54) is 0 Å². The maximum absolute atomic E-state index is 12.9. The van der Waals surface area contributed by atoms with E-state index in [0.717, 1.165) is 0 Å². The lowest BCUT2D eigenvalue weighted by Crippen LogP contribution is -2.53. The van der Waals surface area contributed by atoms with E-state index in [2.05, 4.69) is 5.32 Å². The van der Waals surface area contributed by atoms with Crippen molar-refractivity contribution in [3.63, 3.8) is 0 Å². The molecule has 2 fully saturated rings. The normalized spacial score (nSPS) is 21.0. The van der Waals surface area contributed by atoms with Gasteiger partial charge in [0.25, 0.3) is 0 Å². The van der Waals surface area contributed by atoms with Crippen LogP contribution in [0.4, 0.5) is 5.69 Å². The maximum atomic E-state index is 12.9. The second-order valence-electron chi connectivity index (χ2n) is 6.97. The smallest absolute Gasteiger partial charge is 0.249 e. The molecule has 0 aromatic heterocycles. The third-order valence-corrected chi connectivity index (χ3v) is 5.48. The topological polar surface area (TPSA) is 103 Å². The third kappa shape index (κ3) is 4.34. The van der Waals surface area contributed by atoms with E-state index in [9.17, 15) is 9.59 Å². The number of nitrogens with two attached hydrogens (primary N) is 1. The second kappa shape index (κ2) is 9.45. The summed E-state index contributed by atoms with van der Waals surface area (Å²) in [5.41, 5.74) is 5.93. The van der Waals surface area contributed by atoms with E-state index in [0.29, 0.717) is 56.2 Å². The standard InChI is InChI=1S/C19H27N3O5.ClH/c1-25-14-9-13(10-15(11-14)26-2)22-6-3-16(17(22)23)21-18(24)19(12-20)4-7-27-8-5-19;/h9-11,16H,3-8,12,20H2,1-2H3,(H,21,24);1H. The summed E-state index contributed by atoms with van der Waals surface area (Å²) in [6.45, 7) is 1.79. The summed E-state index contributed by atoms with van der Waals surface area (Å²) in [7, 11) is 3.13. The van der Waals surface area contributed by atoms with Crippen molar-refractivity contribution in [2.24, 2.45) is 11.1 Å². The van der Waals surface area contributed by atoms with Crippen LogP contribution < -0.4 is 25.4 Å². The molecule has 2 saturated heterocycles. The molecule has 0 radical (unpaired) electrons. The lowest BCUT2D eigenvalue weighted by atomic mass is 9.79. The molecular formula is C19H28ClN3O5. The number of amides is 2. The first kappa shape index (κ1) is 22.3. The van der Waals surface area contributed by atoms with Crippen LogP contribution >= 0.6 is 12.4 Å². The SMILES string of the molecule is COc1cc(OC)cc(N2CCC(NC(=O)C3(CN)CCOCC3)C2=O)c1.Cl. The number of methoxy groups -OCH3 is 2. The highest BCUT2D eigenvalue weighted by Crippen LogP contribution is 2.32.